The van der Waals surface area contributed by atoms with Gasteiger partial charge in [0.05, 0.1) is 7.11 Å². The molecular formula is C19H26O. The lowest BCUT2D eigenvalue weighted by Gasteiger charge is -2.15. The molecule has 0 aliphatic heterocycles. The Morgan fingerprint density at radius 3 is 2.45 bits per heavy atom. The molecule has 0 saturated heterocycles. The number of fused-ring (bicyclic) bond motifs is 1. The van der Waals surface area contributed by atoms with Crippen LogP contribution in [0.5, 0.6) is 5.75 Å². The maximum Gasteiger partial charge on any atom is 0.119 e. The summed E-state index contributed by atoms with van der Waals surface area (Å²) in [6.07, 6.45) is 6.49. The van der Waals surface area contributed by atoms with Gasteiger partial charge < -0.3 is 4.74 Å². The third-order valence-electron chi connectivity index (χ3n) is 4.18. The third-order valence-corrected chi connectivity index (χ3v) is 4.18. The predicted molar refractivity (Wildman–Crippen MR) is 87.5 cm³/mol. The van der Waals surface area contributed by atoms with Crippen molar-refractivity contribution < 1.29 is 4.74 Å². The first-order valence-electron chi connectivity index (χ1n) is 7.83. The van der Waals surface area contributed by atoms with E-state index in [1.807, 2.05) is 6.07 Å². The van der Waals surface area contributed by atoms with Crippen molar-refractivity contribution in [2.24, 2.45) is 5.92 Å². The standard InChI is InChI=1S/C19H26O/c1-4-6-7-15(5-2)12-16-8-9-18-14-19(20-3)11-10-17(18)13-16/h8-11,13-15H,4-7,12H2,1-3H3. The average Bonchev–Trinajstić information content (AvgIpc) is 2.50. The molecule has 0 amide bonds. The molecular weight excluding hydrogens is 244 g/mol. The zero-order valence-electron chi connectivity index (χ0n) is 13.0. The highest BCUT2D eigenvalue weighted by Gasteiger charge is 2.07. The highest BCUT2D eigenvalue weighted by atomic mass is 16.5. The van der Waals surface area contributed by atoms with Crippen LogP contribution in [-0.4, -0.2) is 7.11 Å². The van der Waals surface area contributed by atoms with Crippen molar-refractivity contribution in [2.45, 2.75) is 46.0 Å². The van der Waals surface area contributed by atoms with Crippen molar-refractivity contribution in [2.75, 3.05) is 7.11 Å². The molecule has 20 heavy (non-hydrogen) atoms. The molecule has 0 aromatic heterocycles. The van der Waals surface area contributed by atoms with Crippen LogP contribution in [0.25, 0.3) is 10.8 Å². The van der Waals surface area contributed by atoms with Crippen LogP contribution in [0.3, 0.4) is 0 Å². The normalized spacial score (nSPS) is 12.6. The van der Waals surface area contributed by atoms with E-state index in [9.17, 15) is 0 Å². The van der Waals surface area contributed by atoms with Crippen LogP contribution in [0, 0.1) is 5.92 Å². The number of rotatable bonds is 7. The molecule has 1 atom stereocenters. The number of ether oxygens (including phenoxy) is 1. The Labute approximate surface area is 123 Å². The number of hydrogen-bond donors (Lipinski definition) is 0. The smallest absolute Gasteiger partial charge is 0.119 e. The van der Waals surface area contributed by atoms with Gasteiger partial charge in [-0.3, -0.25) is 0 Å². The molecule has 0 aliphatic rings. The largest absolute Gasteiger partial charge is 0.497 e. The lowest BCUT2D eigenvalue weighted by molar-refractivity contribution is 0.415. The van der Waals surface area contributed by atoms with Crippen LogP contribution in [-0.2, 0) is 6.42 Å². The average molecular weight is 270 g/mol. The van der Waals surface area contributed by atoms with E-state index in [-0.39, 0.29) is 0 Å². The molecule has 108 valence electrons. The van der Waals surface area contributed by atoms with Crippen LogP contribution in [0.15, 0.2) is 36.4 Å². The van der Waals surface area contributed by atoms with E-state index in [1.54, 1.807) is 7.11 Å². The van der Waals surface area contributed by atoms with E-state index in [0.29, 0.717) is 0 Å². The van der Waals surface area contributed by atoms with Crippen LogP contribution in [0.1, 0.15) is 45.1 Å². The highest BCUT2D eigenvalue weighted by molar-refractivity contribution is 5.84. The summed E-state index contributed by atoms with van der Waals surface area (Å²) in [5.74, 6) is 1.75. The zero-order valence-corrected chi connectivity index (χ0v) is 13.0. The Kier molecular flexibility index (Phi) is 5.46. The molecule has 0 aliphatic carbocycles. The van der Waals surface area contributed by atoms with Gasteiger partial charge in [-0.25, -0.2) is 0 Å². The predicted octanol–water partition coefficient (Wildman–Crippen LogP) is 5.61. The Morgan fingerprint density at radius 2 is 1.75 bits per heavy atom. The van der Waals surface area contributed by atoms with Crippen molar-refractivity contribution >= 4 is 10.8 Å². The Bertz CT molecular complexity index is 544. The van der Waals surface area contributed by atoms with Crippen LogP contribution in [0.4, 0.5) is 0 Å². The summed E-state index contributed by atoms with van der Waals surface area (Å²) in [7, 11) is 1.72. The molecule has 0 saturated carbocycles. The summed E-state index contributed by atoms with van der Waals surface area (Å²) in [5.41, 5.74) is 1.46. The van der Waals surface area contributed by atoms with Gasteiger partial charge in [-0.2, -0.15) is 0 Å². The summed E-state index contributed by atoms with van der Waals surface area (Å²) >= 11 is 0. The minimum absolute atomic E-state index is 0.825. The molecule has 0 bridgehead atoms. The Balaban J connectivity index is 2.14. The number of unbranched alkanes of at least 4 members (excludes halogenated alkanes) is 1. The molecule has 0 spiro atoms. The van der Waals surface area contributed by atoms with Crippen molar-refractivity contribution in [1.29, 1.82) is 0 Å². The summed E-state index contributed by atoms with van der Waals surface area (Å²) in [4.78, 5) is 0. The van der Waals surface area contributed by atoms with Crippen LogP contribution < -0.4 is 4.74 Å². The first-order chi connectivity index (χ1) is 9.76. The molecule has 1 heteroatoms. The maximum atomic E-state index is 5.28. The molecule has 2 rings (SSSR count). The van der Waals surface area contributed by atoms with Crippen molar-refractivity contribution in [3.05, 3.63) is 42.0 Å². The van der Waals surface area contributed by atoms with Crippen molar-refractivity contribution in [3.63, 3.8) is 0 Å². The molecule has 2 aromatic rings. The van der Waals surface area contributed by atoms with E-state index < -0.39 is 0 Å². The fourth-order valence-electron chi connectivity index (χ4n) is 2.80. The topological polar surface area (TPSA) is 9.23 Å². The second-order valence-electron chi connectivity index (χ2n) is 5.67. The molecule has 1 unspecified atom stereocenters. The van der Waals surface area contributed by atoms with Crippen molar-refractivity contribution in [1.82, 2.24) is 0 Å². The molecule has 0 radical (unpaired) electrons. The van der Waals surface area contributed by atoms with E-state index in [0.717, 1.165) is 11.7 Å². The molecule has 0 fully saturated rings. The lowest BCUT2D eigenvalue weighted by atomic mass is 9.91. The Hall–Kier alpha value is -1.50. The first-order valence-corrected chi connectivity index (χ1v) is 7.83. The van der Waals surface area contributed by atoms with E-state index in [2.05, 4.69) is 44.2 Å². The second-order valence-corrected chi connectivity index (χ2v) is 5.67. The molecule has 0 N–H and O–H groups in total. The molecule has 0 heterocycles. The van der Waals surface area contributed by atoms with Gasteiger partial charge in [0.15, 0.2) is 0 Å². The minimum atomic E-state index is 0.825. The maximum absolute atomic E-state index is 5.28. The molecule has 2 aromatic carbocycles. The second kappa shape index (κ2) is 7.33. The Morgan fingerprint density at radius 1 is 1.00 bits per heavy atom. The number of hydrogen-bond acceptors (Lipinski definition) is 1. The van der Waals surface area contributed by atoms with Gasteiger partial charge in [-0.1, -0.05) is 63.8 Å². The number of benzene rings is 2. The molecule has 1 nitrogen and oxygen atoms in total. The van der Waals surface area contributed by atoms with Gasteiger partial charge in [-0.05, 0) is 40.8 Å². The fourth-order valence-corrected chi connectivity index (χ4v) is 2.80. The third kappa shape index (κ3) is 3.75. The fraction of sp³-hybridized carbons (Fsp3) is 0.474. The zero-order chi connectivity index (χ0) is 14.4. The van der Waals surface area contributed by atoms with Gasteiger partial charge in [0.25, 0.3) is 0 Å². The van der Waals surface area contributed by atoms with Gasteiger partial charge >= 0.3 is 0 Å². The SMILES string of the molecule is CCCCC(CC)Cc1ccc2cc(OC)ccc2c1. The van der Waals surface area contributed by atoms with E-state index in [4.69, 9.17) is 4.74 Å². The van der Waals surface area contributed by atoms with E-state index >= 15 is 0 Å². The summed E-state index contributed by atoms with van der Waals surface area (Å²) in [6.45, 7) is 4.59. The summed E-state index contributed by atoms with van der Waals surface area (Å²) in [6, 6.07) is 13.1. The van der Waals surface area contributed by atoms with Crippen molar-refractivity contribution in [3.8, 4) is 5.75 Å². The minimum Gasteiger partial charge on any atom is -0.497 e. The lowest BCUT2D eigenvalue weighted by Crippen LogP contribution is -2.03. The van der Waals surface area contributed by atoms with E-state index in [1.165, 1.54) is 48.4 Å². The van der Waals surface area contributed by atoms with Crippen LogP contribution >= 0.6 is 0 Å². The quantitative estimate of drug-likeness (QED) is 0.635. The highest BCUT2D eigenvalue weighted by Crippen LogP contribution is 2.24. The summed E-state index contributed by atoms with van der Waals surface area (Å²) in [5, 5.41) is 2.57. The number of methoxy groups -OCH3 is 1. The van der Waals surface area contributed by atoms with Crippen LogP contribution in [0.2, 0.25) is 0 Å². The first kappa shape index (κ1) is 14.9. The monoisotopic (exact) mass is 270 g/mol. The van der Waals surface area contributed by atoms with Gasteiger partial charge in [0, 0.05) is 0 Å². The van der Waals surface area contributed by atoms with Gasteiger partial charge in [-0.15, -0.1) is 0 Å². The van der Waals surface area contributed by atoms with Gasteiger partial charge in [0.2, 0.25) is 0 Å². The van der Waals surface area contributed by atoms with Gasteiger partial charge in [0.1, 0.15) is 5.75 Å². The summed E-state index contributed by atoms with van der Waals surface area (Å²) < 4.78 is 5.28.